The Kier molecular flexibility index (Phi) is 4.16. The average Bonchev–Trinajstić information content (AvgIpc) is 2.75. The van der Waals surface area contributed by atoms with Crippen LogP contribution in [0.1, 0.15) is 13.8 Å². The Hall–Kier alpha value is -1.86. The van der Waals surface area contributed by atoms with Gasteiger partial charge in [0.2, 0.25) is 5.91 Å². The van der Waals surface area contributed by atoms with Gasteiger partial charge in [0, 0.05) is 29.0 Å². The normalized spacial score (nSPS) is 27.7. The van der Waals surface area contributed by atoms with Gasteiger partial charge >= 0.3 is 5.97 Å². The van der Waals surface area contributed by atoms with Gasteiger partial charge in [-0.1, -0.05) is 6.92 Å². The Morgan fingerprint density at radius 1 is 1.52 bits per heavy atom. The van der Waals surface area contributed by atoms with Crippen molar-refractivity contribution >= 4 is 23.6 Å². The molecule has 2 aliphatic rings. The van der Waals surface area contributed by atoms with Crippen molar-refractivity contribution in [3.8, 4) is 0 Å². The van der Waals surface area contributed by atoms with Gasteiger partial charge in [-0.3, -0.25) is 9.78 Å². The van der Waals surface area contributed by atoms with Gasteiger partial charge in [-0.05, 0) is 24.6 Å². The number of carbonyl (C=O) groups is 2. The van der Waals surface area contributed by atoms with Gasteiger partial charge in [0.15, 0.2) is 0 Å². The third-order valence-corrected chi connectivity index (χ3v) is 5.58. The fraction of sp³-hybridized carbons (Fsp3) is 0.438. The molecule has 0 unspecified atom stereocenters. The summed E-state index contributed by atoms with van der Waals surface area (Å²) in [5, 5.41) is 19.3. The second-order valence-corrected chi connectivity index (χ2v) is 6.96. The van der Waals surface area contributed by atoms with Crippen molar-refractivity contribution in [1.82, 2.24) is 9.88 Å². The van der Waals surface area contributed by atoms with Crippen LogP contribution in [0.25, 0.3) is 0 Å². The molecule has 3 heterocycles. The summed E-state index contributed by atoms with van der Waals surface area (Å²) in [6.07, 6.45) is 2.64. The first-order chi connectivity index (χ1) is 10.9. The van der Waals surface area contributed by atoms with E-state index in [1.165, 1.54) is 16.7 Å². The highest BCUT2D eigenvalue weighted by molar-refractivity contribution is 7.99. The van der Waals surface area contributed by atoms with Crippen LogP contribution in [0.2, 0.25) is 0 Å². The molecule has 1 saturated heterocycles. The molecule has 1 fully saturated rings. The van der Waals surface area contributed by atoms with E-state index in [4.69, 9.17) is 0 Å². The van der Waals surface area contributed by atoms with Crippen LogP contribution in [0, 0.1) is 11.8 Å². The molecule has 1 amide bonds. The molecular weight excluding hydrogens is 316 g/mol. The summed E-state index contributed by atoms with van der Waals surface area (Å²) >= 11 is 1.50. The minimum absolute atomic E-state index is 0.0810. The molecule has 1 aromatic heterocycles. The minimum Gasteiger partial charge on any atom is -0.477 e. The first-order valence-electron chi connectivity index (χ1n) is 7.43. The molecule has 4 atom stereocenters. The second kappa shape index (κ2) is 5.98. The Balaban J connectivity index is 1.86. The standard InChI is InChI=1S/C16H18N2O4S/c1-8-11(7-23-10-4-3-5-17-6-10)14(16(21)22)18-13(8)12(9(2)19)15(18)20/h3-6,8-9,12-13,19H,7H2,1-2H3,(H,21,22)/t8-,9+,12+,13+/m0/s1. The monoisotopic (exact) mass is 334 g/mol. The number of aliphatic hydroxyl groups is 1. The van der Waals surface area contributed by atoms with Gasteiger partial charge in [-0.2, -0.15) is 0 Å². The number of rotatable bonds is 5. The van der Waals surface area contributed by atoms with Crippen LogP contribution in [0.3, 0.4) is 0 Å². The fourth-order valence-corrected chi connectivity index (χ4v) is 4.46. The zero-order valence-corrected chi connectivity index (χ0v) is 13.7. The number of carboxylic acid groups (broad SMARTS) is 1. The first-order valence-corrected chi connectivity index (χ1v) is 8.42. The highest BCUT2D eigenvalue weighted by atomic mass is 32.2. The number of aromatic nitrogens is 1. The number of aliphatic hydroxyl groups excluding tert-OH is 1. The lowest BCUT2D eigenvalue weighted by atomic mass is 9.78. The summed E-state index contributed by atoms with van der Waals surface area (Å²) in [5.41, 5.74) is 0.827. The van der Waals surface area contributed by atoms with Gasteiger partial charge in [0.05, 0.1) is 18.1 Å². The maximum absolute atomic E-state index is 12.2. The van der Waals surface area contributed by atoms with Gasteiger partial charge < -0.3 is 15.1 Å². The lowest BCUT2D eigenvalue weighted by Crippen LogP contribution is -2.63. The van der Waals surface area contributed by atoms with Crippen LogP contribution in [0.4, 0.5) is 0 Å². The fourth-order valence-electron chi connectivity index (χ4n) is 3.43. The van der Waals surface area contributed by atoms with Crippen molar-refractivity contribution in [1.29, 1.82) is 0 Å². The van der Waals surface area contributed by atoms with E-state index in [1.807, 2.05) is 19.1 Å². The molecule has 2 N–H and O–H groups in total. The van der Waals surface area contributed by atoms with E-state index in [1.54, 1.807) is 19.3 Å². The quantitative estimate of drug-likeness (QED) is 0.624. The van der Waals surface area contributed by atoms with Gasteiger partial charge in [-0.15, -0.1) is 11.8 Å². The topological polar surface area (TPSA) is 90.7 Å². The summed E-state index contributed by atoms with van der Waals surface area (Å²) in [5.74, 6) is -1.49. The SMILES string of the molecule is C[C@@H](O)[C@H]1C(=O)N2C(C(=O)O)=C(CSc3cccnc3)[C@H](C)[C@H]12. The number of thioether (sulfide) groups is 1. The van der Waals surface area contributed by atoms with Crippen LogP contribution in [0.15, 0.2) is 40.7 Å². The Bertz CT molecular complexity index is 674. The Morgan fingerprint density at radius 2 is 2.26 bits per heavy atom. The summed E-state index contributed by atoms with van der Waals surface area (Å²) < 4.78 is 0. The third-order valence-electron chi connectivity index (χ3n) is 4.55. The number of carbonyl (C=O) groups excluding carboxylic acids is 1. The predicted molar refractivity (Wildman–Crippen MR) is 84.6 cm³/mol. The summed E-state index contributed by atoms with van der Waals surface area (Å²) in [6.45, 7) is 3.50. The maximum atomic E-state index is 12.2. The van der Waals surface area contributed by atoms with E-state index in [2.05, 4.69) is 4.98 Å². The number of fused-ring (bicyclic) bond motifs is 1. The van der Waals surface area contributed by atoms with Gasteiger partial charge in [0.25, 0.3) is 0 Å². The van der Waals surface area contributed by atoms with E-state index in [0.717, 1.165) is 10.5 Å². The molecule has 0 saturated carbocycles. The van der Waals surface area contributed by atoms with E-state index >= 15 is 0 Å². The maximum Gasteiger partial charge on any atom is 0.352 e. The van der Waals surface area contributed by atoms with Crippen molar-refractivity contribution in [2.24, 2.45) is 11.8 Å². The highest BCUT2D eigenvalue weighted by Crippen LogP contribution is 2.48. The van der Waals surface area contributed by atoms with E-state index in [-0.39, 0.29) is 23.6 Å². The van der Waals surface area contributed by atoms with Crippen molar-refractivity contribution < 1.29 is 19.8 Å². The lowest BCUT2D eigenvalue weighted by molar-refractivity contribution is -0.163. The van der Waals surface area contributed by atoms with Crippen LogP contribution >= 0.6 is 11.8 Å². The molecule has 23 heavy (non-hydrogen) atoms. The number of nitrogens with zero attached hydrogens (tertiary/aromatic N) is 2. The van der Waals surface area contributed by atoms with Crippen LogP contribution < -0.4 is 0 Å². The molecule has 3 rings (SSSR count). The minimum atomic E-state index is -1.08. The molecular formula is C16H18N2O4S. The molecule has 0 aromatic carbocycles. The van der Waals surface area contributed by atoms with Crippen LogP contribution in [-0.2, 0) is 9.59 Å². The number of hydrogen-bond acceptors (Lipinski definition) is 5. The summed E-state index contributed by atoms with van der Waals surface area (Å²) in [7, 11) is 0. The number of β-lactam (4-membered cyclic amide) rings is 1. The highest BCUT2D eigenvalue weighted by Gasteiger charge is 2.59. The molecule has 2 aliphatic heterocycles. The smallest absolute Gasteiger partial charge is 0.352 e. The van der Waals surface area contributed by atoms with Crippen molar-refractivity contribution in [3.05, 3.63) is 35.8 Å². The molecule has 1 aromatic rings. The van der Waals surface area contributed by atoms with E-state index in [9.17, 15) is 19.8 Å². The van der Waals surface area contributed by atoms with Crippen LogP contribution in [0.5, 0.6) is 0 Å². The van der Waals surface area contributed by atoms with Crippen molar-refractivity contribution in [3.63, 3.8) is 0 Å². The number of carboxylic acids is 1. The van der Waals surface area contributed by atoms with Crippen molar-refractivity contribution in [2.45, 2.75) is 30.9 Å². The van der Waals surface area contributed by atoms with Gasteiger partial charge in [0.1, 0.15) is 5.70 Å². The zero-order valence-electron chi connectivity index (χ0n) is 12.8. The zero-order chi connectivity index (χ0) is 16.7. The molecule has 0 aliphatic carbocycles. The molecule has 0 bridgehead atoms. The lowest BCUT2D eigenvalue weighted by Gasteiger charge is -2.46. The average molecular weight is 334 g/mol. The Labute approximate surface area is 138 Å². The van der Waals surface area contributed by atoms with Gasteiger partial charge in [-0.25, -0.2) is 4.79 Å². The summed E-state index contributed by atoms with van der Waals surface area (Å²) in [4.78, 5) is 30.2. The molecule has 0 spiro atoms. The second-order valence-electron chi connectivity index (χ2n) is 5.91. The Morgan fingerprint density at radius 3 is 2.83 bits per heavy atom. The predicted octanol–water partition coefficient (Wildman–Crippen LogP) is 1.37. The molecule has 122 valence electrons. The molecule has 7 heteroatoms. The number of aliphatic carboxylic acids is 1. The summed E-state index contributed by atoms with van der Waals surface area (Å²) in [6, 6.07) is 3.49. The third kappa shape index (κ3) is 2.53. The molecule has 0 radical (unpaired) electrons. The number of pyridine rings is 1. The molecule has 6 nitrogen and oxygen atoms in total. The van der Waals surface area contributed by atoms with E-state index < -0.39 is 18.0 Å². The van der Waals surface area contributed by atoms with Crippen molar-refractivity contribution in [2.75, 3.05) is 5.75 Å². The number of amides is 1. The van der Waals surface area contributed by atoms with Crippen LogP contribution in [-0.4, -0.2) is 49.9 Å². The van der Waals surface area contributed by atoms with E-state index in [0.29, 0.717) is 5.75 Å². The largest absolute Gasteiger partial charge is 0.477 e. The first kappa shape index (κ1) is 16.0. The number of hydrogen-bond donors (Lipinski definition) is 2.